The van der Waals surface area contributed by atoms with Crippen molar-refractivity contribution < 1.29 is 14.3 Å². The summed E-state index contributed by atoms with van der Waals surface area (Å²) < 4.78 is 10.5. The number of hydrogen-bond donors (Lipinski definition) is 0. The van der Waals surface area contributed by atoms with Crippen LogP contribution in [0.2, 0.25) is 10.0 Å². The van der Waals surface area contributed by atoms with Crippen LogP contribution in [0.3, 0.4) is 0 Å². The third kappa shape index (κ3) is 5.27. The fourth-order valence-corrected chi connectivity index (χ4v) is 2.18. The molecule has 0 saturated carbocycles. The van der Waals surface area contributed by atoms with Crippen LogP contribution in [0, 0.1) is 0 Å². The van der Waals surface area contributed by atoms with Crippen molar-refractivity contribution in [2.24, 2.45) is 0 Å². The highest BCUT2D eigenvalue weighted by Crippen LogP contribution is 2.29. The van der Waals surface area contributed by atoms with Crippen LogP contribution in [0.25, 0.3) is 0 Å². The molecule has 106 valence electrons. The van der Waals surface area contributed by atoms with Gasteiger partial charge in [-0.1, -0.05) is 41.7 Å². The van der Waals surface area contributed by atoms with Crippen LogP contribution in [0.5, 0.6) is 5.75 Å². The van der Waals surface area contributed by atoms with Gasteiger partial charge in [0, 0.05) is 11.4 Å². The number of carbonyl (C=O) groups excluding carboxylic acids is 1. The number of rotatable bonds is 6. The van der Waals surface area contributed by atoms with Gasteiger partial charge in [-0.2, -0.15) is 0 Å². The Hall–Kier alpha value is -0.350. The Bertz CT molecular complexity index is 439. The van der Waals surface area contributed by atoms with Crippen LogP contribution >= 0.6 is 46.4 Å². The van der Waals surface area contributed by atoms with Crippen molar-refractivity contribution in [1.29, 1.82) is 0 Å². The van der Waals surface area contributed by atoms with Crippen LogP contribution in [0.4, 0.5) is 0 Å². The molecule has 7 heteroatoms. The summed E-state index contributed by atoms with van der Waals surface area (Å²) >= 11 is 23.4. The quantitative estimate of drug-likeness (QED) is 0.562. The predicted octanol–water partition coefficient (Wildman–Crippen LogP) is 4.50. The average molecular weight is 346 g/mol. The number of ether oxygens (including phenoxy) is 2. The zero-order valence-electron chi connectivity index (χ0n) is 10.0. The van der Waals surface area contributed by atoms with Crippen LogP contribution in [0.15, 0.2) is 18.2 Å². The molecule has 0 fully saturated rings. The standard InChI is InChI=1S/C12H12Cl4O3/c1-2-11(17)19-12(16)10(6-13)18-9-4-3-7(14)5-8(9)15/h3-5,10,12H,2,6H2,1H3. The van der Waals surface area contributed by atoms with E-state index in [9.17, 15) is 4.79 Å². The summed E-state index contributed by atoms with van der Waals surface area (Å²) in [6, 6.07) is 4.75. The number of hydrogen-bond acceptors (Lipinski definition) is 3. The van der Waals surface area contributed by atoms with Crippen molar-refractivity contribution in [3.8, 4) is 5.75 Å². The van der Waals surface area contributed by atoms with Gasteiger partial charge in [0.1, 0.15) is 5.75 Å². The Labute approximate surface area is 131 Å². The Balaban J connectivity index is 2.73. The highest BCUT2D eigenvalue weighted by Gasteiger charge is 2.24. The minimum Gasteiger partial charge on any atom is -0.482 e. The largest absolute Gasteiger partial charge is 0.482 e. The number of halogens is 4. The molecule has 3 nitrogen and oxygen atoms in total. The Kier molecular flexibility index (Phi) is 7.08. The number of alkyl halides is 2. The summed E-state index contributed by atoms with van der Waals surface area (Å²) in [5.41, 5.74) is -0.989. The molecule has 0 bridgehead atoms. The minimum absolute atomic E-state index is 0.0458. The van der Waals surface area contributed by atoms with Crippen molar-refractivity contribution >= 4 is 52.4 Å². The summed E-state index contributed by atoms with van der Waals surface area (Å²) in [6.07, 6.45) is -0.488. The fraction of sp³-hybridized carbons (Fsp3) is 0.417. The Morgan fingerprint density at radius 1 is 1.37 bits per heavy atom. The van der Waals surface area contributed by atoms with Crippen molar-refractivity contribution in [2.75, 3.05) is 5.88 Å². The van der Waals surface area contributed by atoms with E-state index >= 15 is 0 Å². The van der Waals surface area contributed by atoms with Gasteiger partial charge in [0.25, 0.3) is 0 Å². The molecule has 0 aliphatic heterocycles. The monoisotopic (exact) mass is 344 g/mol. The van der Waals surface area contributed by atoms with Gasteiger partial charge in [-0.15, -0.1) is 11.6 Å². The van der Waals surface area contributed by atoms with Crippen molar-refractivity contribution in [1.82, 2.24) is 0 Å². The minimum atomic E-state index is -0.989. The maximum atomic E-state index is 11.2. The highest BCUT2D eigenvalue weighted by atomic mass is 35.5. The molecule has 2 unspecified atom stereocenters. The van der Waals surface area contributed by atoms with Crippen LogP contribution in [-0.4, -0.2) is 23.5 Å². The van der Waals surface area contributed by atoms with E-state index in [4.69, 9.17) is 55.9 Å². The first-order valence-corrected chi connectivity index (χ1v) is 7.21. The second-order valence-electron chi connectivity index (χ2n) is 3.58. The maximum absolute atomic E-state index is 11.2. The van der Waals surface area contributed by atoms with E-state index in [2.05, 4.69) is 0 Å². The molecule has 0 aromatic heterocycles. The smallest absolute Gasteiger partial charge is 0.307 e. The highest BCUT2D eigenvalue weighted by molar-refractivity contribution is 6.35. The van der Waals surface area contributed by atoms with Crippen LogP contribution < -0.4 is 4.74 Å². The van der Waals surface area contributed by atoms with Gasteiger partial charge in [0.05, 0.1) is 10.9 Å². The van der Waals surface area contributed by atoms with Gasteiger partial charge in [0.2, 0.25) is 5.56 Å². The molecule has 1 aromatic rings. The molecule has 0 saturated heterocycles. The molecule has 0 spiro atoms. The topological polar surface area (TPSA) is 35.5 Å². The molecule has 0 aliphatic rings. The van der Waals surface area contributed by atoms with E-state index in [1.54, 1.807) is 19.1 Å². The second-order valence-corrected chi connectivity index (χ2v) is 5.16. The van der Waals surface area contributed by atoms with E-state index in [1.807, 2.05) is 0 Å². The van der Waals surface area contributed by atoms with E-state index < -0.39 is 17.6 Å². The number of carbonyl (C=O) groups is 1. The summed E-state index contributed by atoms with van der Waals surface area (Å²) in [7, 11) is 0. The van der Waals surface area contributed by atoms with Crippen LogP contribution in [-0.2, 0) is 9.53 Å². The lowest BCUT2D eigenvalue weighted by Crippen LogP contribution is -2.33. The van der Waals surface area contributed by atoms with Gasteiger partial charge in [0.15, 0.2) is 6.10 Å². The van der Waals surface area contributed by atoms with Crippen molar-refractivity contribution in [3.63, 3.8) is 0 Å². The first-order valence-electron chi connectivity index (χ1n) is 5.49. The molecule has 1 rings (SSSR count). The second kappa shape index (κ2) is 8.05. The first kappa shape index (κ1) is 16.7. The average Bonchev–Trinajstić information content (AvgIpc) is 2.37. The van der Waals surface area contributed by atoms with E-state index in [1.165, 1.54) is 6.07 Å². The summed E-state index contributed by atoms with van der Waals surface area (Å²) in [4.78, 5) is 11.2. The van der Waals surface area contributed by atoms with E-state index in [0.29, 0.717) is 15.8 Å². The maximum Gasteiger partial charge on any atom is 0.307 e. The van der Waals surface area contributed by atoms with Gasteiger partial charge in [-0.3, -0.25) is 4.79 Å². The normalized spacial score (nSPS) is 13.7. The molecule has 0 N–H and O–H groups in total. The lowest BCUT2D eigenvalue weighted by Gasteiger charge is -2.22. The lowest BCUT2D eigenvalue weighted by atomic mass is 10.3. The molecule has 0 amide bonds. The van der Waals surface area contributed by atoms with Gasteiger partial charge in [-0.25, -0.2) is 0 Å². The lowest BCUT2D eigenvalue weighted by molar-refractivity contribution is -0.147. The Morgan fingerprint density at radius 2 is 2.05 bits per heavy atom. The molecule has 0 aliphatic carbocycles. The number of benzene rings is 1. The zero-order chi connectivity index (χ0) is 14.4. The van der Waals surface area contributed by atoms with Crippen molar-refractivity contribution in [2.45, 2.75) is 25.0 Å². The third-order valence-corrected chi connectivity index (χ3v) is 3.35. The molecule has 1 aromatic carbocycles. The van der Waals surface area contributed by atoms with E-state index in [-0.39, 0.29) is 12.3 Å². The third-order valence-electron chi connectivity index (χ3n) is 2.15. The first-order chi connectivity index (χ1) is 8.97. The van der Waals surface area contributed by atoms with Gasteiger partial charge < -0.3 is 9.47 Å². The SMILES string of the molecule is CCC(=O)OC(Cl)C(CCl)Oc1ccc(Cl)cc1Cl. The van der Waals surface area contributed by atoms with Gasteiger partial charge in [-0.05, 0) is 18.2 Å². The van der Waals surface area contributed by atoms with Crippen molar-refractivity contribution in [3.05, 3.63) is 28.2 Å². The number of esters is 1. The molecule has 0 heterocycles. The molecule has 0 radical (unpaired) electrons. The molecule has 2 atom stereocenters. The fourth-order valence-electron chi connectivity index (χ4n) is 1.17. The predicted molar refractivity (Wildman–Crippen MR) is 77.6 cm³/mol. The zero-order valence-corrected chi connectivity index (χ0v) is 13.1. The molecule has 19 heavy (non-hydrogen) atoms. The molecular weight excluding hydrogens is 334 g/mol. The van der Waals surface area contributed by atoms with Crippen LogP contribution in [0.1, 0.15) is 13.3 Å². The Morgan fingerprint density at radius 3 is 2.58 bits per heavy atom. The van der Waals surface area contributed by atoms with E-state index in [0.717, 1.165) is 0 Å². The summed E-state index contributed by atoms with van der Waals surface area (Å²) in [5.74, 6) is -0.0137. The summed E-state index contributed by atoms with van der Waals surface area (Å²) in [5, 5.41) is 0.813. The summed E-state index contributed by atoms with van der Waals surface area (Å²) in [6.45, 7) is 1.67. The molecular formula is C12H12Cl4O3. The van der Waals surface area contributed by atoms with Gasteiger partial charge >= 0.3 is 5.97 Å².